The third-order valence-electron chi connectivity index (χ3n) is 3.28. The van der Waals surface area contributed by atoms with E-state index in [-0.39, 0.29) is 6.04 Å². The fourth-order valence-electron chi connectivity index (χ4n) is 2.28. The van der Waals surface area contributed by atoms with Crippen molar-refractivity contribution in [2.24, 2.45) is 0 Å². The van der Waals surface area contributed by atoms with Gasteiger partial charge in [0.1, 0.15) is 5.75 Å². The maximum Gasteiger partial charge on any atom is 0.137 e. The van der Waals surface area contributed by atoms with Gasteiger partial charge in [0.15, 0.2) is 0 Å². The minimum atomic E-state index is -0.497. The molecule has 2 rings (SSSR count). The summed E-state index contributed by atoms with van der Waals surface area (Å²) < 4.78 is 5.54. The first kappa shape index (κ1) is 13.3. The number of aromatic nitrogens is 1. The number of ether oxygens (including phenoxy) is 1. The molecule has 1 aromatic rings. The highest BCUT2D eigenvalue weighted by Crippen LogP contribution is 2.24. The van der Waals surface area contributed by atoms with E-state index in [1.54, 1.807) is 12.4 Å². The number of hydrogen-bond acceptors (Lipinski definition) is 4. The van der Waals surface area contributed by atoms with Crippen molar-refractivity contribution in [1.82, 2.24) is 10.3 Å². The standard InChI is InChI=1S/C14H22N2O2/c1-2-7-18-12-8-11(9-15-10-12)14(17)13-5-3-4-6-16-13/h8-10,13-14,16-17H,2-7H2,1H3. The zero-order valence-corrected chi connectivity index (χ0v) is 10.9. The molecule has 0 amide bonds. The normalized spacial score (nSPS) is 21.6. The molecule has 1 fully saturated rings. The highest BCUT2D eigenvalue weighted by atomic mass is 16.5. The number of rotatable bonds is 5. The first-order chi connectivity index (χ1) is 8.81. The van der Waals surface area contributed by atoms with Gasteiger partial charge in [-0.3, -0.25) is 4.98 Å². The summed E-state index contributed by atoms with van der Waals surface area (Å²) in [5.41, 5.74) is 0.836. The molecule has 2 unspecified atom stereocenters. The van der Waals surface area contributed by atoms with Gasteiger partial charge in [0.25, 0.3) is 0 Å². The van der Waals surface area contributed by atoms with Crippen LogP contribution >= 0.6 is 0 Å². The van der Waals surface area contributed by atoms with Gasteiger partial charge < -0.3 is 15.2 Å². The second-order valence-corrected chi connectivity index (χ2v) is 4.80. The Labute approximate surface area is 108 Å². The molecule has 0 bridgehead atoms. The van der Waals surface area contributed by atoms with Crippen LogP contribution in [0.2, 0.25) is 0 Å². The summed E-state index contributed by atoms with van der Waals surface area (Å²) >= 11 is 0. The SMILES string of the molecule is CCCOc1cncc(C(O)C2CCCCN2)c1. The molecule has 2 heterocycles. The molecule has 0 spiro atoms. The fourth-order valence-corrected chi connectivity index (χ4v) is 2.28. The van der Waals surface area contributed by atoms with Crippen molar-refractivity contribution < 1.29 is 9.84 Å². The Balaban J connectivity index is 2.02. The molecule has 1 aliphatic heterocycles. The van der Waals surface area contributed by atoms with Gasteiger partial charge in [-0.25, -0.2) is 0 Å². The zero-order chi connectivity index (χ0) is 12.8. The van der Waals surface area contributed by atoms with E-state index in [0.29, 0.717) is 6.61 Å². The summed E-state index contributed by atoms with van der Waals surface area (Å²) in [5.74, 6) is 0.740. The predicted octanol–water partition coefficient (Wildman–Crippen LogP) is 2.05. The Morgan fingerprint density at radius 1 is 1.50 bits per heavy atom. The lowest BCUT2D eigenvalue weighted by molar-refractivity contribution is 0.113. The van der Waals surface area contributed by atoms with Crippen LogP contribution in [0.25, 0.3) is 0 Å². The monoisotopic (exact) mass is 250 g/mol. The maximum atomic E-state index is 10.3. The van der Waals surface area contributed by atoms with E-state index < -0.39 is 6.10 Å². The van der Waals surface area contributed by atoms with Crippen molar-refractivity contribution >= 4 is 0 Å². The molecule has 0 aromatic carbocycles. The van der Waals surface area contributed by atoms with Gasteiger partial charge >= 0.3 is 0 Å². The lowest BCUT2D eigenvalue weighted by Crippen LogP contribution is -2.38. The molecular formula is C14H22N2O2. The zero-order valence-electron chi connectivity index (χ0n) is 10.9. The van der Waals surface area contributed by atoms with Crippen LogP contribution in [0.15, 0.2) is 18.5 Å². The summed E-state index contributed by atoms with van der Waals surface area (Å²) in [4.78, 5) is 4.14. The molecule has 100 valence electrons. The molecule has 4 heteroatoms. The average Bonchev–Trinajstić information content (AvgIpc) is 2.45. The highest BCUT2D eigenvalue weighted by molar-refractivity contribution is 5.26. The lowest BCUT2D eigenvalue weighted by Gasteiger charge is -2.28. The van der Waals surface area contributed by atoms with E-state index in [2.05, 4.69) is 17.2 Å². The molecular weight excluding hydrogens is 228 g/mol. The van der Waals surface area contributed by atoms with Gasteiger partial charge in [0.05, 0.1) is 18.9 Å². The van der Waals surface area contributed by atoms with Crippen LogP contribution < -0.4 is 10.1 Å². The number of hydrogen-bond donors (Lipinski definition) is 2. The molecule has 18 heavy (non-hydrogen) atoms. The largest absolute Gasteiger partial charge is 0.492 e. The van der Waals surface area contributed by atoms with Gasteiger partial charge in [-0.15, -0.1) is 0 Å². The summed E-state index contributed by atoms with van der Waals surface area (Å²) in [6.07, 6.45) is 7.27. The van der Waals surface area contributed by atoms with Gasteiger partial charge in [0, 0.05) is 17.8 Å². The minimum Gasteiger partial charge on any atom is -0.492 e. The van der Waals surface area contributed by atoms with E-state index in [9.17, 15) is 5.11 Å². The number of aliphatic hydroxyl groups excluding tert-OH is 1. The Morgan fingerprint density at radius 2 is 2.39 bits per heavy atom. The maximum absolute atomic E-state index is 10.3. The number of nitrogens with zero attached hydrogens (tertiary/aromatic N) is 1. The summed E-state index contributed by atoms with van der Waals surface area (Å²) in [6.45, 7) is 3.74. The van der Waals surface area contributed by atoms with Crippen LogP contribution in [-0.4, -0.2) is 29.3 Å². The Bertz CT molecular complexity index is 365. The average molecular weight is 250 g/mol. The fraction of sp³-hybridized carbons (Fsp3) is 0.643. The van der Waals surface area contributed by atoms with Gasteiger partial charge in [-0.1, -0.05) is 13.3 Å². The Morgan fingerprint density at radius 3 is 3.11 bits per heavy atom. The minimum absolute atomic E-state index is 0.141. The third kappa shape index (κ3) is 3.43. The van der Waals surface area contributed by atoms with Crippen molar-refractivity contribution in [3.05, 3.63) is 24.0 Å². The second-order valence-electron chi connectivity index (χ2n) is 4.80. The van der Waals surface area contributed by atoms with Crippen LogP contribution in [0.3, 0.4) is 0 Å². The second kappa shape index (κ2) is 6.71. The van der Waals surface area contributed by atoms with E-state index in [0.717, 1.165) is 30.7 Å². The molecule has 0 saturated carbocycles. The summed E-state index contributed by atoms with van der Waals surface area (Å²) in [7, 11) is 0. The molecule has 0 aliphatic carbocycles. The smallest absolute Gasteiger partial charge is 0.137 e. The van der Waals surface area contributed by atoms with E-state index in [1.165, 1.54) is 12.8 Å². The number of pyridine rings is 1. The van der Waals surface area contributed by atoms with Crippen molar-refractivity contribution in [2.45, 2.75) is 44.8 Å². The van der Waals surface area contributed by atoms with Crippen molar-refractivity contribution in [2.75, 3.05) is 13.2 Å². The van der Waals surface area contributed by atoms with Crippen molar-refractivity contribution in [3.63, 3.8) is 0 Å². The molecule has 1 aliphatic rings. The Hall–Kier alpha value is -1.13. The van der Waals surface area contributed by atoms with Gasteiger partial charge in [-0.2, -0.15) is 0 Å². The predicted molar refractivity (Wildman–Crippen MR) is 70.6 cm³/mol. The molecule has 2 atom stereocenters. The lowest BCUT2D eigenvalue weighted by atomic mass is 9.96. The van der Waals surface area contributed by atoms with E-state index in [1.807, 2.05) is 6.07 Å². The first-order valence-electron chi connectivity index (χ1n) is 6.80. The topological polar surface area (TPSA) is 54.4 Å². The third-order valence-corrected chi connectivity index (χ3v) is 3.28. The quantitative estimate of drug-likeness (QED) is 0.839. The van der Waals surface area contributed by atoms with Crippen LogP contribution in [-0.2, 0) is 0 Å². The van der Waals surface area contributed by atoms with Gasteiger partial charge in [-0.05, 0) is 31.9 Å². The molecule has 4 nitrogen and oxygen atoms in total. The van der Waals surface area contributed by atoms with E-state index in [4.69, 9.17) is 4.74 Å². The number of aliphatic hydroxyl groups is 1. The van der Waals surface area contributed by atoms with Crippen LogP contribution in [0.4, 0.5) is 0 Å². The molecule has 2 N–H and O–H groups in total. The highest BCUT2D eigenvalue weighted by Gasteiger charge is 2.23. The van der Waals surface area contributed by atoms with Crippen LogP contribution in [0.5, 0.6) is 5.75 Å². The van der Waals surface area contributed by atoms with Crippen LogP contribution in [0.1, 0.15) is 44.3 Å². The summed E-state index contributed by atoms with van der Waals surface area (Å²) in [5, 5.41) is 13.7. The molecule has 1 aromatic heterocycles. The molecule has 0 radical (unpaired) electrons. The van der Waals surface area contributed by atoms with Crippen molar-refractivity contribution in [3.8, 4) is 5.75 Å². The van der Waals surface area contributed by atoms with Crippen molar-refractivity contribution in [1.29, 1.82) is 0 Å². The molecule has 1 saturated heterocycles. The van der Waals surface area contributed by atoms with Gasteiger partial charge in [0.2, 0.25) is 0 Å². The summed E-state index contributed by atoms with van der Waals surface area (Å²) in [6, 6.07) is 2.03. The first-order valence-corrected chi connectivity index (χ1v) is 6.80. The number of piperidine rings is 1. The Kier molecular flexibility index (Phi) is 4.96. The number of nitrogens with one attached hydrogen (secondary N) is 1. The van der Waals surface area contributed by atoms with E-state index >= 15 is 0 Å². The van der Waals surface area contributed by atoms with Crippen LogP contribution in [0, 0.1) is 0 Å².